The van der Waals surface area contributed by atoms with Gasteiger partial charge in [0.15, 0.2) is 0 Å². The monoisotopic (exact) mass is 437 g/mol. The summed E-state index contributed by atoms with van der Waals surface area (Å²) in [6, 6.07) is 1.65. The predicted octanol–water partition coefficient (Wildman–Crippen LogP) is 4.47. The molecule has 5 rings (SSSR count). The van der Waals surface area contributed by atoms with Crippen LogP contribution in [0.2, 0.25) is 0 Å². The maximum atomic E-state index is 11.4. The maximum Gasteiger partial charge on any atom is 0.138 e. The molecule has 1 aromatic rings. The third-order valence-electron chi connectivity index (χ3n) is 10.0. The van der Waals surface area contributed by atoms with Crippen LogP contribution in [-0.2, 0) is 0 Å². The van der Waals surface area contributed by atoms with Crippen LogP contribution < -0.4 is 9.84 Å². The average Bonchev–Trinajstić information content (AvgIpc) is 3.12. The molecule has 0 radical (unpaired) electrons. The number of pyridine rings is 1. The zero-order valence-corrected chi connectivity index (χ0v) is 19.6. The Morgan fingerprint density at radius 2 is 2.00 bits per heavy atom. The first kappa shape index (κ1) is 21.9. The summed E-state index contributed by atoms with van der Waals surface area (Å²) in [5.41, 5.74) is 2.36. The third kappa shape index (κ3) is 3.39. The molecule has 0 unspecified atom stereocenters. The molecule has 5 nitrogen and oxygen atoms in total. The molecule has 2 N–H and O–H groups in total. The lowest BCUT2D eigenvalue weighted by molar-refractivity contribution is -0.214. The van der Waals surface area contributed by atoms with Crippen LogP contribution in [0, 0.1) is 39.9 Å². The average molecular weight is 438 g/mol. The van der Waals surface area contributed by atoms with Crippen molar-refractivity contribution in [2.45, 2.75) is 84.3 Å². The van der Waals surface area contributed by atoms with E-state index in [4.69, 9.17) is 10.1 Å². The van der Waals surface area contributed by atoms with Gasteiger partial charge in [-0.25, -0.2) is 0 Å². The van der Waals surface area contributed by atoms with E-state index in [0.717, 1.165) is 37.0 Å². The van der Waals surface area contributed by atoms with E-state index in [1.807, 2.05) is 0 Å². The molecule has 32 heavy (non-hydrogen) atoms. The number of aromatic nitrogens is 1. The number of hydrogen-bond acceptors (Lipinski definition) is 5. The molecule has 5 heteroatoms. The van der Waals surface area contributed by atoms with Gasteiger partial charge in [0, 0.05) is 17.7 Å². The molecule has 0 aliphatic heterocycles. The maximum absolute atomic E-state index is 11.4. The summed E-state index contributed by atoms with van der Waals surface area (Å²) in [6.07, 6.45) is 14.6. The summed E-state index contributed by atoms with van der Waals surface area (Å²) in [6.45, 7) is 7.15. The van der Waals surface area contributed by atoms with Gasteiger partial charge in [0.25, 0.3) is 0 Å². The van der Waals surface area contributed by atoms with Gasteiger partial charge < -0.3 is 20.4 Å². The number of aliphatic hydroxyl groups is 1. The lowest BCUT2D eigenvalue weighted by atomic mass is 9.47. The number of rotatable bonds is 4. The SMILES string of the molecule is C[C@H](Oc1cncc(C(=N)[O-])c1)[C@H]1CC[C@H]2[C@@H]3CC=C4C[C@@H](O)CC[C@]4(C)[C@H]3CC[C@]12C. The fourth-order valence-electron chi connectivity index (χ4n) is 8.36. The predicted molar refractivity (Wildman–Crippen MR) is 122 cm³/mol. The Kier molecular flexibility index (Phi) is 5.39. The Hall–Kier alpha value is -1.88. The standard InChI is InChI=1S/C27H38N2O3/c1-16(32-20-12-17(25(28)31)14-29-15-20)22-6-7-23-21-5-4-18-13-19(30)8-10-26(18,2)24(21)9-11-27(22,23)3/h4,12,14-16,19,21-24,30H,5-11,13H2,1-3H3,(H2,28,31)/p-1/t16-,19-,21-,22+,23-,24-,26-,27+/m0/s1. The van der Waals surface area contributed by atoms with E-state index in [1.54, 1.807) is 12.3 Å². The first-order valence-corrected chi connectivity index (χ1v) is 12.5. The van der Waals surface area contributed by atoms with Crippen molar-refractivity contribution in [3.63, 3.8) is 0 Å². The van der Waals surface area contributed by atoms with Gasteiger partial charge in [0.05, 0.1) is 18.4 Å². The topological polar surface area (TPSA) is 89.3 Å². The number of allylic oxidation sites excluding steroid dienone is 1. The highest BCUT2D eigenvalue weighted by Gasteiger charge is 2.59. The van der Waals surface area contributed by atoms with Gasteiger partial charge in [-0.15, -0.1) is 0 Å². The van der Waals surface area contributed by atoms with Gasteiger partial charge in [0.2, 0.25) is 0 Å². The van der Waals surface area contributed by atoms with Crippen LogP contribution in [0.4, 0.5) is 0 Å². The van der Waals surface area contributed by atoms with Crippen LogP contribution in [-0.4, -0.2) is 28.2 Å². The molecular formula is C27H37N2O3-. The quantitative estimate of drug-likeness (QED) is 0.413. The summed E-state index contributed by atoms with van der Waals surface area (Å²) in [4.78, 5) is 4.10. The third-order valence-corrected chi connectivity index (χ3v) is 10.0. The van der Waals surface area contributed by atoms with Crippen LogP contribution >= 0.6 is 0 Å². The Morgan fingerprint density at radius 1 is 1.19 bits per heavy atom. The molecule has 0 saturated heterocycles. The van der Waals surface area contributed by atoms with Gasteiger partial charge in [-0.1, -0.05) is 25.5 Å². The van der Waals surface area contributed by atoms with Gasteiger partial charge in [-0.2, -0.15) is 0 Å². The van der Waals surface area contributed by atoms with Crippen LogP contribution in [0.5, 0.6) is 5.75 Å². The molecule has 3 saturated carbocycles. The molecule has 0 aromatic carbocycles. The van der Waals surface area contributed by atoms with Gasteiger partial charge in [0.1, 0.15) is 5.75 Å². The molecule has 4 aliphatic rings. The molecule has 174 valence electrons. The van der Waals surface area contributed by atoms with Gasteiger partial charge in [-0.05, 0) is 98.8 Å². The smallest absolute Gasteiger partial charge is 0.138 e. The van der Waals surface area contributed by atoms with E-state index in [2.05, 4.69) is 31.8 Å². The van der Waals surface area contributed by atoms with Crippen molar-refractivity contribution in [1.82, 2.24) is 4.98 Å². The Balaban J connectivity index is 1.35. The van der Waals surface area contributed by atoms with Crippen LogP contribution in [0.1, 0.15) is 77.7 Å². The number of aliphatic hydroxyl groups excluding tert-OH is 1. The largest absolute Gasteiger partial charge is 0.859 e. The number of hydrogen-bond donors (Lipinski definition) is 2. The zero-order valence-electron chi connectivity index (χ0n) is 19.6. The number of ether oxygens (including phenoxy) is 1. The lowest BCUT2D eigenvalue weighted by Crippen LogP contribution is -2.51. The highest BCUT2D eigenvalue weighted by molar-refractivity contribution is 5.87. The van der Waals surface area contributed by atoms with Gasteiger partial charge in [-0.3, -0.25) is 4.98 Å². The van der Waals surface area contributed by atoms with Crippen LogP contribution in [0.25, 0.3) is 0 Å². The Bertz CT molecular complexity index is 929. The van der Waals surface area contributed by atoms with Crippen molar-refractivity contribution < 1.29 is 14.9 Å². The number of nitrogens with one attached hydrogen (secondary N) is 1. The normalized spacial score (nSPS) is 41.6. The molecule has 1 aromatic heterocycles. The first-order valence-electron chi connectivity index (χ1n) is 12.5. The first-order chi connectivity index (χ1) is 15.2. The van der Waals surface area contributed by atoms with Crippen molar-refractivity contribution in [2.75, 3.05) is 0 Å². The highest BCUT2D eigenvalue weighted by atomic mass is 16.5. The summed E-state index contributed by atoms with van der Waals surface area (Å²) in [5, 5.41) is 29.0. The molecular weight excluding hydrogens is 400 g/mol. The second-order valence-corrected chi connectivity index (χ2v) is 11.4. The summed E-state index contributed by atoms with van der Waals surface area (Å²) < 4.78 is 6.32. The minimum absolute atomic E-state index is 0.0505. The minimum atomic E-state index is -0.727. The van der Waals surface area contributed by atoms with Crippen LogP contribution in [0.3, 0.4) is 0 Å². The minimum Gasteiger partial charge on any atom is -0.859 e. The molecule has 8 atom stereocenters. The fraction of sp³-hybridized carbons (Fsp3) is 0.704. The summed E-state index contributed by atoms with van der Waals surface area (Å²) in [5.74, 6) is 2.55. The number of nitrogens with zero attached hydrogens (tertiary/aromatic N) is 1. The number of fused-ring (bicyclic) bond motifs is 5. The molecule has 1 heterocycles. The molecule has 3 fully saturated rings. The molecule has 0 bridgehead atoms. The lowest BCUT2D eigenvalue weighted by Gasteiger charge is -2.58. The zero-order chi connectivity index (χ0) is 22.7. The van der Waals surface area contributed by atoms with E-state index in [0.29, 0.717) is 11.7 Å². The van der Waals surface area contributed by atoms with Crippen molar-refractivity contribution in [1.29, 1.82) is 5.41 Å². The van der Waals surface area contributed by atoms with Crippen molar-refractivity contribution in [3.8, 4) is 5.75 Å². The van der Waals surface area contributed by atoms with E-state index >= 15 is 0 Å². The Labute approximate surface area is 191 Å². The van der Waals surface area contributed by atoms with E-state index in [1.165, 1.54) is 43.9 Å². The summed E-state index contributed by atoms with van der Waals surface area (Å²) in [7, 11) is 0. The molecule has 0 spiro atoms. The van der Waals surface area contributed by atoms with E-state index in [9.17, 15) is 10.2 Å². The molecule has 0 amide bonds. The van der Waals surface area contributed by atoms with Crippen LogP contribution in [0.15, 0.2) is 30.1 Å². The Morgan fingerprint density at radius 3 is 2.78 bits per heavy atom. The molecule has 4 aliphatic carbocycles. The van der Waals surface area contributed by atoms with Gasteiger partial charge >= 0.3 is 0 Å². The fourth-order valence-corrected chi connectivity index (χ4v) is 8.36. The van der Waals surface area contributed by atoms with Crippen molar-refractivity contribution >= 4 is 5.90 Å². The van der Waals surface area contributed by atoms with E-state index in [-0.39, 0.29) is 28.6 Å². The van der Waals surface area contributed by atoms with Crippen molar-refractivity contribution in [3.05, 3.63) is 35.7 Å². The van der Waals surface area contributed by atoms with E-state index < -0.39 is 5.90 Å². The second-order valence-electron chi connectivity index (χ2n) is 11.4. The second kappa shape index (κ2) is 7.86. The highest BCUT2D eigenvalue weighted by Crippen LogP contribution is 2.66. The summed E-state index contributed by atoms with van der Waals surface area (Å²) >= 11 is 0. The van der Waals surface area contributed by atoms with Crippen molar-refractivity contribution in [2.24, 2.45) is 34.5 Å².